The fraction of sp³-hybridized carbons (Fsp3) is 0.348. The third kappa shape index (κ3) is 3.98. The minimum absolute atomic E-state index is 0.0259. The fourth-order valence-electron chi connectivity index (χ4n) is 3.70. The number of hydrogen-bond donors (Lipinski definition) is 0. The van der Waals surface area contributed by atoms with Gasteiger partial charge < -0.3 is 14.5 Å². The molecule has 0 saturated carbocycles. The molecule has 29 heavy (non-hydrogen) atoms. The van der Waals surface area contributed by atoms with E-state index in [0.29, 0.717) is 24.7 Å². The second kappa shape index (κ2) is 7.87. The number of carbonyl (C=O) groups is 1. The Morgan fingerprint density at radius 3 is 2.52 bits per heavy atom. The fourth-order valence-corrected chi connectivity index (χ4v) is 3.70. The number of halogens is 1. The van der Waals surface area contributed by atoms with Gasteiger partial charge in [-0.15, -0.1) is 0 Å². The van der Waals surface area contributed by atoms with Gasteiger partial charge in [0.2, 0.25) is 5.88 Å². The van der Waals surface area contributed by atoms with Crippen LogP contribution in [-0.2, 0) is 4.79 Å². The van der Waals surface area contributed by atoms with Crippen LogP contribution in [0.3, 0.4) is 0 Å². The van der Waals surface area contributed by atoms with E-state index >= 15 is 0 Å². The molecule has 6 heteroatoms. The lowest BCUT2D eigenvalue weighted by Crippen LogP contribution is -2.48. The number of hydrogen-bond acceptors (Lipinski definition) is 3. The summed E-state index contributed by atoms with van der Waals surface area (Å²) in [4.78, 5) is 16.7. The van der Waals surface area contributed by atoms with Gasteiger partial charge in [-0.1, -0.05) is 6.07 Å². The topological polar surface area (TPSA) is 37.7 Å². The van der Waals surface area contributed by atoms with Gasteiger partial charge in [-0.3, -0.25) is 9.36 Å². The highest BCUT2D eigenvalue weighted by Crippen LogP contribution is 2.33. The zero-order valence-corrected chi connectivity index (χ0v) is 17.1. The number of ether oxygens (including phenoxy) is 1. The molecular weight excluding hydrogens is 369 g/mol. The van der Waals surface area contributed by atoms with E-state index in [1.54, 1.807) is 6.07 Å². The summed E-state index contributed by atoms with van der Waals surface area (Å²) in [5.41, 5.74) is 2.98. The van der Waals surface area contributed by atoms with E-state index in [1.165, 1.54) is 17.7 Å². The predicted octanol–water partition coefficient (Wildman–Crippen LogP) is 3.54. The van der Waals surface area contributed by atoms with Crippen molar-refractivity contribution in [3.8, 4) is 11.6 Å². The average Bonchev–Trinajstić information content (AvgIpc) is 3.04. The molecule has 0 radical (unpaired) electrons. The molecule has 1 amide bonds. The number of rotatable bonds is 4. The van der Waals surface area contributed by atoms with Gasteiger partial charge in [-0.05, 0) is 62.4 Å². The lowest BCUT2D eigenvalue weighted by Gasteiger charge is -2.32. The van der Waals surface area contributed by atoms with Crippen LogP contribution < -0.4 is 4.74 Å². The van der Waals surface area contributed by atoms with Crippen molar-refractivity contribution in [2.75, 3.05) is 39.8 Å². The summed E-state index contributed by atoms with van der Waals surface area (Å²) in [6, 6.07) is 10.5. The molecule has 4 rings (SSSR count). The standard InChI is InChI=1S/C23H26FN3O2/c1-16-11-18-14-27(20-6-4-5-19(24)13-20)23(21(18)12-17(16)2)29-15-22(28)26-9-7-25(3)8-10-26/h4-6,11-14H,7-10,15H2,1-3H3. The van der Waals surface area contributed by atoms with Crippen molar-refractivity contribution in [3.63, 3.8) is 0 Å². The van der Waals surface area contributed by atoms with Gasteiger partial charge in [0.15, 0.2) is 6.61 Å². The van der Waals surface area contributed by atoms with Crippen LogP contribution in [0.2, 0.25) is 0 Å². The number of nitrogens with zero attached hydrogens (tertiary/aromatic N) is 3. The Morgan fingerprint density at radius 2 is 1.79 bits per heavy atom. The predicted molar refractivity (Wildman–Crippen MR) is 112 cm³/mol. The lowest BCUT2D eigenvalue weighted by molar-refractivity contribution is -0.135. The summed E-state index contributed by atoms with van der Waals surface area (Å²) < 4.78 is 21.7. The second-order valence-corrected chi connectivity index (χ2v) is 7.78. The molecule has 1 saturated heterocycles. The van der Waals surface area contributed by atoms with Gasteiger partial charge in [-0.25, -0.2) is 4.39 Å². The van der Waals surface area contributed by atoms with Crippen molar-refractivity contribution in [2.45, 2.75) is 13.8 Å². The van der Waals surface area contributed by atoms with Gasteiger partial charge in [0.05, 0.1) is 5.69 Å². The van der Waals surface area contributed by atoms with Gasteiger partial charge in [0.25, 0.3) is 5.91 Å². The average molecular weight is 395 g/mol. The lowest BCUT2D eigenvalue weighted by atomic mass is 10.1. The number of aryl methyl sites for hydroxylation is 2. The maximum absolute atomic E-state index is 13.8. The summed E-state index contributed by atoms with van der Waals surface area (Å²) in [5.74, 6) is 0.227. The van der Waals surface area contributed by atoms with E-state index in [9.17, 15) is 9.18 Å². The number of benzene rings is 2. The molecule has 0 atom stereocenters. The molecule has 1 fully saturated rings. The largest absolute Gasteiger partial charge is 0.468 e. The zero-order valence-electron chi connectivity index (χ0n) is 17.1. The maximum Gasteiger partial charge on any atom is 0.260 e. The third-order valence-electron chi connectivity index (χ3n) is 5.66. The van der Waals surface area contributed by atoms with Crippen LogP contribution in [0.5, 0.6) is 5.88 Å². The molecular formula is C23H26FN3O2. The van der Waals surface area contributed by atoms with Crippen molar-refractivity contribution in [2.24, 2.45) is 0 Å². The summed E-state index contributed by atoms with van der Waals surface area (Å²) in [5, 5.41) is 1.92. The van der Waals surface area contributed by atoms with E-state index in [0.717, 1.165) is 29.4 Å². The van der Waals surface area contributed by atoms with E-state index in [4.69, 9.17) is 4.74 Å². The molecule has 5 nitrogen and oxygen atoms in total. The Balaban J connectivity index is 1.67. The van der Waals surface area contributed by atoms with Crippen LogP contribution in [0.15, 0.2) is 42.6 Å². The van der Waals surface area contributed by atoms with Crippen molar-refractivity contribution in [1.82, 2.24) is 14.4 Å². The molecule has 1 aliphatic heterocycles. The van der Waals surface area contributed by atoms with Gasteiger partial charge in [-0.2, -0.15) is 0 Å². The van der Waals surface area contributed by atoms with Crippen molar-refractivity contribution >= 4 is 16.7 Å². The SMILES string of the molecule is Cc1cc2cn(-c3cccc(F)c3)c(OCC(=O)N3CCN(C)CC3)c2cc1C. The molecule has 0 unspecified atom stereocenters. The van der Waals surface area contributed by atoms with Crippen LogP contribution in [0.4, 0.5) is 4.39 Å². The molecule has 0 spiro atoms. The first-order valence-electron chi connectivity index (χ1n) is 9.90. The molecule has 0 N–H and O–H groups in total. The number of likely N-dealkylation sites (N-methyl/N-ethyl adjacent to an activating group) is 1. The first-order chi connectivity index (χ1) is 13.9. The molecule has 152 valence electrons. The van der Waals surface area contributed by atoms with E-state index in [-0.39, 0.29) is 18.3 Å². The van der Waals surface area contributed by atoms with Crippen LogP contribution in [0, 0.1) is 19.7 Å². The summed E-state index contributed by atoms with van der Waals surface area (Å²) in [7, 11) is 2.06. The minimum Gasteiger partial charge on any atom is -0.468 e. The van der Waals surface area contributed by atoms with E-state index in [2.05, 4.69) is 31.0 Å². The van der Waals surface area contributed by atoms with Crippen molar-refractivity contribution in [1.29, 1.82) is 0 Å². The highest BCUT2D eigenvalue weighted by molar-refractivity contribution is 5.91. The quantitative estimate of drug-likeness (QED) is 0.678. The highest BCUT2D eigenvalue weighted by Gasteiger charge is 2.21. The Morgan fingerprint density at radius 1 is 1.07 bits per heavy atom. The van der Waals surface area contributed by atoms with Crippen LogP contribution >= 0.6 is 0 Å². The van der Waals surface area contributed by atoms with Crippen molar-refractivity contribution < 1.29 is 13.9 Å². The number of amides is 1. The highest BCUT2D eigenvalue weighted by atomic mass is 19.1. The summed E-state index contributed by atoms with van der Waals surface area (Å²) in [6.45, 7) is 7.23. The Labute approximate surface area is 170 Å². The minimum atomic E-state index is -0.313. The monoisotopic (exact) mass is 395 g/mol. The first-order valence-corrected chi connectivity index (χ1v) is 9.90. The molecule has 2 aromatic carbocycles. The van der Waals surface area contributed by atoms with Crippen LogP contribution in [0.1, 0.15) is 11.1 Å². The zero-order chi connectivity index (χ0) is 20.5. The summed E-state index contributed by atoms with van der Waals surface area (Å²) in [6.07, 6.45) is 1.94. The van der Waals surface area contributed by atoms with Crippen LogP contribution in [-0.4, -0.2) is 60.1 Å². The number of aromatic nitrogens is 1. The second-order valence-electron chi connectivity index (χ2n) is 7.78. The molecule has 1 aliphatic rings. The Bertz CT molecular complexity index is 1050. The first kappa shape index (κ1) is 19.5. The van der Waals surface area contributed by atoms with Gasteiger partial charge in [0, 0.05) is 43.1 Å². The Hall–Kier alpha value is -2.86. The van der Waals surface area contributed by atoms with E-state index in [1.807, 2.05) is 28.7 Å². The van der Waals surface area contributed by atoms with E-state index < -0.39 is 0 Å². The maximum atomic E-state index is 13.8. The normalized spacial score (nSPS) is 15.1. The number of fused-ring (bicyclic) bond motifs is 1. The molecule has 3 aromatic rings. The molecule has 1 aromatic heterocycles. The number of piperazine rings is 1. The van der Waals surface area contributed by atoms with Gasteiger partial charge >= 0.3 is 0 Å². The summed E-state index contributed by atoms with van der Waals surface area (Å²) >= 11 is 0. The molecule has 0 bridgehead atoms. The smallest absolute Gasteiger partial charge is 0.260 e. The van der Waals surface area contributed by atoms with Gasteiger partial charge in [0.1, 0.15) is 5.82 Å². The molecule has 0 aliphatic carbocycles. The van der Waals surface area contributed by atoms with Crippen molar-refractivity contribution in [3.05, 3.63) is 59.5 Å². The third-order valence-corrected chi connectivity index (χ3v) is 5.66. The van der Waals surface area contributed by atoms with Crippen LogP contribution in [0.25, 0.3) is 16.5 Å². The molecule has 2 heterocycles. The Kier molecular flexibility index (Phi) is 5.28. The number of carbonyl (C=O) groups excluding carboxylic acids is 1.